The Labute approximate surface area is 128 Å². The average Bonchev–Trinajstić information content (AvgIpc) is 2.47. The molecular weight excluding hydrogens is 284 g/mol. The number of hydrogen-bond donors (Lipinski definition) is 0. The van der Waals surface area contributed by atoms with E-state index in [1.807, 2.05) is 12.1 Å². The quantitative estimate of drug-likeness (QED) is 0.858. The molecule has 1 aromatic carbocycles. The Balaban J connectivity index is 2.16. The largest absolute Gasteiger partial charge is 0.306 e. The number of nitrogens with zero attached hydrogens (tertiary/aromatic N) is 2. The SMILES string of the molecule is CC(C)c1ccc(S(=O)(=O)N(C)C2CCN(C)CC2)cc1. The second-order valence-electron chi connectivity index (χ2n) is 6.28. The van der Waals surface area contributed by atoms with Gasteiger partial charge < -0.3 is 4.90 Å². The molecule has 0 aliphatic carbocycles. The molecule has 1 fully saturated rings. The molecule has 2 rings (SSSR count). The van der Waals surface area contributed by atoms with Crippen LogP contribution in [-0.4, -0.2) is 50.8 Å². The summed E-state index contributed by atoms with van der Waals surface area (Å²) in [5.41, 5.74) is 1.16. The van der Waals surface area contributed by atoms with Gasteiger partial charge in [-0.25, -0.2) is 8.42 Å². The van der Waals surface area contributed by atoms with Crippen molar-refractivity contribution in [3.8, 4) is 0 Å². The maximum atomic E-state index is 12.7. The molecule has 0 amide bonds. The summed E-state index contributed by atoms with van der Waals surface area (Å²) in [6.45, 7) is 6.12. The molecule has 0 saturated carbocycles. The molecule has 21 heavy (non-hydrogen) atoms. The van der Waals surface area contributed by atoms with Gasteiger partial charge >= 0.3 is 0 Å². The highest BCUT2D eigenvalue weighted by atomic mass is 32.2. The number of hydrogen-bond acceptors (Lipinski definition) is 3. The van der Waals surface area contributed by atoms with Gasteiger partial charge in [0.1, 0.15) is 0 Å². The van der Waals surface area contributed by atoms with Gasteiger partial charge in [0.25, 0.3) is 0 Å². The van der Waals surface area contributed by atoms with Crippen molar-refractivity contribution in [1.29, 1.82) is 0 Å². The minimum atomic E-state index is -3.38. The maximum absolute atomic E-state index is 12.7. The highest BCUT2D eigenvalue weighted by Crippen LogP contribution is 2.24. The smallest absolute Gasteiger partial charge is 0.243 e. The van der Waals surface area contributed by atoms with Crippen molar-refractivity contribution >= 4 is 10.0 Å². The van der Waals surface area contributed by atoms with E-state index in [9.17, 15) is 8.42 Å². The molecule has 0 spiro atoms. The van der Waals surface area contributed by atoms with E-state index in [-0.39, 0.29) is 6.04 Å². The lowest BCUT2D eigenvalue weighted by molar-refractivity contribution is 0.197. The van der Waals surface area contributed by atoms with Gasteiger partial charge in [0.2, 0.25) is 10.0 Å². The summed E-state index contributed by atoms with van der Waals surface area (Å²) in [6, 6.07) is 7.41. The summed E-state index contributed by atoms with van der Waals surface area (Å²) in [7, 11) is 0.405. The van der Waals surface area contributed by atoms with E-state index >= 15 is 0 Å². The summed E-state index contributed by atoms with van der Waals surface area (Å²) in [5, 5.41) is 0. The fourth-order valence-corrected chi connectivity index (χ4v) is 4.16. The van der Waals surface area contributed by atoms with Gasteiger partial charge in [0.05, 0.1) is 4.90 Å². The molecule has 1 aliphatic rings. The number of sulfonamides is 1. The Bertz CT molecular complexity index is 558. The standard InChI is InChI=1S/C16H26N2O2S/c1-13(2)14-5-7-16(8-6-14)21(19,20)18(4)15-9-11-17(3)12-10-15/h5-8,13,15H,9-12H2,1-4H3. The van der Waals surface area contributed by atoms with Crippen LogP contribution in [0.4, 0.5) is 0 Å². The number of likely N-dealkylation sites (tertiary alicyclic amines) is 1. The van der Waals surface area contributed by atoms with Crippen LogP contribution < -0.4 is 0 Å². The van der Waals surface area contributed by atoms with Crippen molar-refractivity contribution in [2.45, 2.75) is 43.5 Å². The highest BCUT2D eigenvalue weighted by Gasteiger charge is 2.30. The van der Waals surface area contributed by atoms with Crippen molar-refractivity contribution in [2.24, 2.45) is 0 Å². The predicted molar refractivity (Wildman–Crippen MR) is 86.0 cm³/mol. The zero-order chi connectivity index (χ0) is 15.6. The fourth-order valence-electron chi connectivity index (χ4n) is 2.75. The van der Waals surface area contributed by atoms with Crippen LogP contribution in [0.3, 0.4) is 0 Å². The normalized spacial score (nSPS) is 18.6. The van der Waals surface area contributed by atoms with E-state index in [1.165, 1.54) is 0 Å². The summed E-state index contributed by atoms with van der Waals surface area (Å²) in [4.78, 5) is 2.64. The van der Waals surface area contributed by atoms with E-state index in [2.05, 4.69) is 25.8 Å². The van der Waals surface area contributed by atoms with Crippen LogP contribution in [-0.2, 0) is 10.0 Å². The Hall–Kier alpha value is -0.910. The van der Waals surface area contributed by atoms with Gasteiger partial charge in [-0.1, -0.05) is 26.0 Å². The highest BCUT2D eigenvalue weighted by molar-refractivity contribution is 7.89. The second-order valence-corrected chi connectivity index (χ2v) is 8.28. The van der Waals surface area contributed by atoms with E-state index in [1.54, 1.807) is 23.5 Å². The molecule has 0 aromatic heterocycles. The van der Waals surface area contributed by atoms with Gasteiger partial charge in [-0.05, 0) is 56.6 Å². The first kappa shape index (κ1) is 16.5. The second kappa shape index (κ2) is 6.46. The molecule has 0 atom stereocenters. The van der Waals surface area contributed by atoms with Gasteiger partial charge in [-0.2, -0.15) is 4.31 Å². The summed E-state index contributed by atoms with van der Waals surface area (Å²) < 4.78 is 27.0. The van der Waals surface area contributed by atoms with Crippen LogP contribution in [0.1, 0.15) is 38.2 Å². The molecule has 1 aromatic rings. The van der Waals surface area contributed by atoms with Gasteiger partial charge in [0.15, 0.2) is 0 Å². The summed E-state index contributed by atoms with van der Waals surface area (Å²) in [6.07, 6.45) is 1.80. The third-order valence-electron chi connectivity index (χ3n) is 4.43. The van der Waals surface area contributed by atoms with Crippen LogP contribution in [0, 0.1) is 0 Å². The van der Waals surface area contributed by atoms with Crippen molar-refractivity contribution in [3.05, 3.63) is 29.8 Å². The Kier molecular flexibility index (Phi) is 5.07. The van der Waals surface area contributed by atoms with E-state index in [0.717, 1.165) is 31.5 Å². The van der Waals surface area contributed by atoms with E-state index in [0.29, 0.717) is 10.8 Å². The molecule has 1 heterocycles. The molecular formula is C16H26N2O2S. The molecule has 5 heteroatoms. The number of piperidine rings is 1. The molecule has 1 saturated heterocycles. The van der Waals surface area contributed by atoms with Crippen LogP contribution >= 0.6 is 0 Å². The lowest BCUT2D eigenvalue weighted by atomic mass is 10.0. The minimum Gasteiger partial charge on any atom is -0.306 e. The van der Waals surface area contributed by atoms with Crippen molar-refractivity contribution in [3.63, 3.8) is 0 Å². The van der Waals surface area contributed by atoms with Gasteiger partial charge in [-0.15, -0.1) is 0 Å². The topological polar surface area (TPSA) is 40.6 Å². The molecule has 0 radical (unpaired) electrons. The first-order valence-corrected chi connectivity index (χ1v) is 9.03. The monoisotopic (exact) mass is 310 g/mol. The number of rotatable bonds is 4. The zero-order valence-electron chi connectivity index (χ0n) is 13.4. The molecule has 4 nitrogen and oxygen atoms in total. The third kappa shape index (κ3) is 3.65. The molecule has 1 aliphatic heterocycles. The predicted octanol–water partition coefficient (Wildman–Crippen LogP) is 2.52. The fraction of sp³-hybridized carbons (Fsp3) is 0.625. The van der Waals surface area contributed by atoms with Crippen LogP contribution in [0.25, 0.3) is 0 Å². The van der Waals surface area contributed by atoms with Gasteiger partial charge in [0, 0.05) is 13.1 Å². The van der Waals surface area contributed by atoms with Crippen LogP contribution in [0.15, 0.2) is 29.2 Å². The number of benzene rings is 1. The Morgan fingerprint density at radius 3 is 2.14 bits per heavy atom. The Morgan fingerprint density at radius 2 is 1.67 bits per heavy atom. The van der Waals surface area contributed by atoms with Crippen molar-refractivity contribution < 1.29 is 8.42 Å². The lowest BCUT2D eigenvalue weighted by Gasteiger charge is -2.34. The minimum absolute atomic E-state index is 0.107. The van der Waals surface area contributed by atoms with E-state index in [4.69, 9.17) is 0 Å². The Morgan fingerprint density at radius 1 is 1.14 bits per heavy atom. The third-order valence-corrected chi connectivity index (χ3v) is 6.35. The lowest BCUT2D eigenvalue weighted by Crippen LogP contribution is -2.44. The van der Waals surface area contributed by atoms with Crippen molar-refractivity contribution in [2.75, 3.05) is 27.2 Å². The van der Waals surface area contributed by atoms with Crippen molar-refractivity contribution in [1.82, 2.24) is 9.21 Å². The summed E-state index contributed by atoms with van der Waals surface area (Å²) >= 11 is 0. The van der Waals surface area contributed by atoms with Gasteiger partial charge in [-0.3, -0.25) is 0 Å². The molecule has 0 bridgehead atoms. The first-order chi connectivity index (χ1) is 9.82. The summed E-state index contributed by atoms with van der Waals surface area (Å²) in [5.74, 6) is 0.411. The molecule has 118 valence electrons. The van der Waals surface area contributed by atoms with E-state index < -0.39 is 10.0 Å². The first-order valence-electron chi connectivity index (χ1n) is 7.59. The average molecular weight is 310 g/mol. The molecule has 0 unspecified atom stereocenters. The van der Waals surface area contributed by atoms with Crippen LogP contribution in [0.2, 0.25) is 0 Å². The zero-order valence-corrected chi connectivity index (χ0v) is 14.2. The maximum Gasteiger partial charge on any atom is 0.243 e. The molecule has 0 N–H and O–H groups in total. The van der Waals surface area contributed by atoms with Crippen LogP contribution in [0.5, 0.6) is 0 Å².